The third-order valence-electron chi connectivity index (χ3n) is 2.63. The summed E-state index contributed by atoms with van der Waals surface area (Å²) < 4.78 is 18.4. The molecule has 0 saturated carbocycles. The van der Waals surface area contributed by atoms with Gasteiger partial charge in [0.25, 0.3) is 0 Å². The van der Waals surface area contributed by atoms with Crippen molar-refractivity contribution < 1.29 is 13.9 Å². The quantitative estimate of drug-likeness (QED) is 0.683. The second kappa shape index (κ2) is 3.63. The van der Waals surface area contributed by atoms with Crippen LogP contribution in [0.5, 0.6) is 5.75 Å². The molecule has 2 nitrogen and oxygen atoms in total. The van der Waals surface area contributed by atoms with Gasteiger partial charge in [-0.15, -0.1) is 0 Å². The molecule has 0 aliphatic heterocycles. The minimum atomic E-state index is -0.275. The van der Waals surface area contributed by atoms with Crippen LogP contribution in [-0.2, 0) is 0 Å². The average molecular weight is 227 g/mol. The molecule has 0 saturated heterocycles. The van der Waals surface area contributed by atoms with Crippen LogP contribution in [-0.4, -0.2) is 5.11 Å². The van der Waals surface area contributed by atoms with Crippen molar-refractivity contribution in [1.82, 2.24) is 0 Å². The molecule has 3 heteroatoms. The minimum absolute atomic E-state index is 0.164. The SMILES string of the molecule is Oc1ccc2cc(-c3ccc([18F])cc3)oc2c1. The lowest BCUT2D eigenvalue weighted by Crippen LogP contribution is -1.74. The molecule has 0 unspecified atom stereocenters. The molecule has 0 fully saturated rings. The van der Waals surface area contributed by atoms with Crippen LogP contribution in [0.1, 0.15) is 0 Å². The molecule has 1 aromatic heterocycles. The van der Waals surface area contributed by atoms with E-state index in [2.05, 4.69) is 0 Å². The van der Waals surface area contributed by atoms with Crippen molar-refractivity contribution in [3.8, 4) is 17.1 Å². The number of hydrogen-bond acceptors (Lipinski definition) is 2. The first-order valence-electron chi connectivity index (χ1n) is 5.21. The predicted molar refractivity (Wildman–Crippen MR) is 63.3 cm³/mol. The summed E-state index contributed by atoms with van der Waals surface area (Å²) in [5.41, 5.74) is 1.42. The van der Waals surface area contributed by atoms with E-state index >= 15 is 0 Å². The maximum atomic E-state index is 12.8. The second-order valence-electron chi connectivity index (χ2n) is 3.84. The Morgan fingerprint density at radius 1 is 0.941 bits per heavy atom. The van der Waals surface area contributed by atoms with Gasteiger partial charge >= 0.3 is 0 Å². The summed E-state index contributed by atoms with van der Waals surface area (Å²) in [5, 5.41) is 10.2. The zero-order chi connectivity index (χ0) is 11.8. The Bertz CT molecular complexity index is 668. The van der Waals surface area contributed by atoms with Crippen molar-refractivity contribution in [2.75, 3.05) is 0 Å². The zero-order valence-electron chi connectivity index (χ0n) is 8.85. The van der Waals surface area contributed by atoms with E-state index in [0.29, 0.717) is 11.3 Å². The van der Waals surface area contributed by atoms with E-state index in [-0.39, 0.29) is 11.6 Å². The smallest absolute Gasteiger partial charge is 0.138 e. The van der Waals surface area contributed by atoms with Gasteiger partial charge in [-0.05, 0) is 42.5 Å². The molecule has 0 spiro atoms. The van der Waals surface area contributed by atoms with Crippen molar-refractivity contribution in [3.63, 3.8) is 0 Å². The molecular weight excluding hydrogens is 218 g/mol. The van der Waals surface area contributed by atoms with Crippen LogP contribution in [0, 0.1) is 5.82 Å². The number of fused-ring (bicyclic) bond motifs is 1. The molecule has 1 N–H and O–H groups in total. The van der Waals surface area contributed by atoms with E-state index in [4.69, 9.17) is 4.42 Å². The van der Waals surface area contributed by atoms with Gasteiger partial charge in [-0.2, -0.15) is 0 Å². The van der Waals surface area contributed by atoms with Crippen LogP contribution in [0.25, 0.3) is 22.3 Å². The summed E-state index contributed by atoms with van der Waals surface area (Å²) in [6.07, 6.45) is 0. The van der Waals surface area contributed by atoms with Gasteiger partial charge in [0.05, 0.1) is 0 Å². The predicted octanol–water partition coefficient (Wildman–Crippen LogP) is 3.94. The first-order valence-corrected chi connectivity index (χ1v) is 5.21. The van der Waals surface area contributed by atoms with Crippen molar-refractivity contribution in [2.24, 2.45) is 0 Å². The number of phenols is 1. The van der Waals surface area contributed by atoms with Gasteiger partial charge in [0.1, 0.15) is 22.9 Å². The lowest BCUT2D eigenvalue weighted by molar-refractivity contribution is 0.474. The molecule has 0 atom stereocenters. The molecule has 1 heterocycles. The molecule has 17 heavy (non-hydrogen) atoms. The molecule has 0 bridgehead atoms. The molecule has 3 rings (SSSR count). The summed E-state index contributed by atoms with van der Waals surface area (Å²) in [6.45, 7) is 0. The number of phenolic OH excluding ortho intramolecular Hbond substituents is 1. The Kier molecular flexibility index (Phi) is 2.11. The van der Waals surface area contributed by atoms with Crippen LogP contribution in [0.4, 0.5) is 4.39 Å². The molecular formula is C14H9FO2. The fraction of sp³-hybridized carbons (Fsp3) is 0. The third-order valence-corrected chi connectivity index (χ3v) is 2.63. The maximum Gasteiger partial charge on any atom is 0.138 e. The van der Waals surface area contributed by atoms with E-state index in [9.17, 15) is 9.50 Å². The second-order valence-corrected chi connectivity index (χ2v) is 3.84. The summed E-state index contributed by atoms with van der Waals surface area (Å²) in [7, 11) is 0. The number of aromatic hydroxyl groups is 1. The minimum Gasteiger partial charge on any atom is -0.508 e. The van der Waals surface area contributed by atoms with Crippen LogP contribution >= 0.6 is 0 Å². The van der Waals surface area contributed by atoms with Gasteiger partial charge in [-0.3, -0.25) is 0 Å². The number of benzene rings is 2. The number of rotatable bonds is 1. The molecule has 0 amide bonds. The largest absolute Gasteiger partial charge is 0.508 e. The monoisotopic (exact) mass is 227 g/mol. The highest BCUT2D eigenvalue weighted by Gasteiger charge is 2.06. The van der Waals surface area contributed by atoms with Gasteiger partial charge in [0, 0.05) is 17.0 Å². The Hall–Kier alpha value is -2.29. The lowest BCUT2D eigenvalue weighted by Gasteiger charge is -1.95. The fourth-order valence-electron chi connectivity index (χ4n) is 1.78. The van der Waals surface area contributed by atoms with Crippen molar-refractivity contribution in [2.45, 2.75) is 0 Å². The van der Waals surface area contributed by atoms with E-state index in [1.54, 1.807) is 30.3 Å². The van der Waals surface area contributed by atoms with Gasteiger partial charge in [-0.25, -0.2) is 4.39 Å². The Balaban J connectivity index is 2.14. The zero-order valence-corrected chi connectivity index (χ0v) is 8.85. The summed E-state index contributed by atoms with van der Waals surface area (Å²) in [6, 6.07) is 12.9. The Morgan fingerprint density at radius 3 is 2.47 bits per heavy atom. The van der Waals surface area contributed by atoms with Gasteiger partial charge in [0.15, 0.2) is 0 Å². The highest BCUT2D eigenvalue weighted by atomic mass is 18.2. The first-order chi connectivity index (χ1) is 8.22. The number of hydrogen-bond donors (Lipinski definition) is 1. The van der Waals surface area contributed by atoms with E-state index in [1.165, 1.54) is 12.1 Å². The van der Waals surface area contributed by atoms with Crippen molar-refractivity contribution in [1.29, 1.82) is 0 Å². The Morgan fingerprint density at radius 2 is 1.71 bits per heavy atom. The van der Waals surface area contributed by atoms with Crippen molar-refractivity contribution in [3.05, 3.63) is 54.3 Å². The molecule has 3 aromatic rings. The van der Waals surface area contributed by atoms with Gasteiger partial charge in [0.2, 0.25) is 0 Å². The highest BCUT2D eigenvalue weighted by molar-refractivity contribution is 5.83. The first kappa shape index (κ1) is 9.90. The van der Waals surface area contributed by atoms with Crippen LogP contribution < -0.4 is 0 Å². The molecule has 84 valence electrons. The summed E-state index contributed by atoms with van der Waals surface area (Å²) in [4.78, 5) is 0. The average Bonchev–Trinajstić information content (AvgIpc) is 2.72. The van der Waals surface area contributed by atoms with Gasteiger partial charge in [-0.1, -0.05) is 0 Å². The van der Waals surface area contributed by atoms with E-state index in [1.807, 2.05) is 6.07 Å². The van der Waals surface area contributed by atoms with Crippen LogP contribution in [0.15, 0.2) is 52.9 Å². The standard InChI is InChI=1S/C14H9FO2/c15-11-4-1-9(2-5-11)13-7-10-3-6-12(16)8-14(10)17-13/h1-8,16H/i15-1. The van der Waals surface area contributed by atoms with E-state index < -0.39 is 0 Å². The number of halogens is 1. The van der Waals surface area contributed by atoms with Crippen LogP contribution in [0.3, 0.4) is 0 Å². The van der Waals surface area contributed by atoms with Crippen LogP contribution in [0.2, 0.25) is 0 Å². The third kappa shape index (κ3) is 1.76. The van der Waals surface area contributed by atoms with Crippen molar-refractivity contribution >= 4 is 11.0 Å². The fourth-order valence-corrected chi connectivity index (χ4v) is 1.78. The summed E-state index contributed by atoms with van der Waals surface area (Å²) >= 11 is 0. The summed E-state index contributed by atoms with van der Waals surface area (Å²) in [5.74, 6) is 0.547. The highest BCUT2D eigenvalue weighted by Crippen LogP contribution is 2.29. The molecule has 0 radical (unpaired) electrons. The topological polar surface area (TPSA) is 33.4 Å². The normalized spacial score (nSPS) is 10.9. The molecule has 0 aliphatic carbocycles. The lowest BCUT2D eigenvalue weighted by atomic mass is 10.1. The molecule has 2 aromatic carbocycles. The Labute approximate surface area is 96.9 Å². The van der Waals surface area contributed by atoms with E-state index in [0.717, 1.165) is 10.9 Å². The molecule has 0 aliphatic rings. The number of furan rings is 1. The maximum absolute atomic E-state index is 12.8. The van der Waals surface area contributed by atoms with Gasteiger partial charge < -0.3 is 9.52 Å².